The van der Waals surface area contributed by atoms with Crippen molar-refractivity contribution < 1.29 is 9.90 Å². The van der Waals surface area contributed by atoms with Gasteiger partial charge in [-0.25, -0.2) is 0 Å². The molecule has 0 radical (unpaired) electrons. The molecule has 0 spiro atoms. The van der Waals surface area contributed by atoms with Crippen molar-refractivity contribution in [1.29, 1.82) is 0 Å². The van der Waals surface area contributed by atoms with Crippen LogP contribution in [-0.4, -0.2) is 16.2 Å². The predicted octanol–water partition coefficient (Wildman–Crippen LogP) is 2.66. The lowest BCUT2D eigenvalue weighted by atomic mass is 10.1. The second-order valence-corrected chi connectivity index (χ2v) is 4.05. The van der Waals surface area contributed by atoms with Crippen LogP contribution in [0, 0.1) is 0 Å². The summed E-state index contributed by atoms with van der Waals surface area (Å²) in [6.07, 6.45) is 0.353. The van der Waals surface area contributed by atoms with E-state index < -0.39 is 0 Å². The number of ketones is 1. The molecular formula is C9H8Br2O2. The second-order valence-electron chi connectivity index (χ2n) is 2.63. The molecule has 0 saturated carbocycles. The minimum Gasteiger partial charge on any atom is -0.507 e. The molecule has 0 bridgehead atoms. The van der Waals surface area contributed by atoms with Crippen molar-refractivity contribution in [2.24, 2.45) is 0 Å². The largest absolute Gasteiger partial charge is 0.507 e. The smallest absolute Gasteiger partial charge is 0.147 e. The molecular weight excluding hydrogens is 300 g/mol. The number of hydrogen-bond donors (Lipinski definition) is 1. The molecule has 1 N–H and O–H groups in total. The second kappa shape index (κ2) is 4.77. The maximum Gasteiger partial charge on any atom is 0.147 e. The molecule has 0 heterocycles. The molecule has 70 valence electrons. The Balaban J connectivity index is 2.79. The fourth-order valence-electron chi connectivity index (χ4n) is 0.943. The highest BCUT2D eigenvalue weighted by atomic mass is 79.9. The molecule has 0 unspecified atom stereocenters. The average Bonchev–Trinajstić information content (AvgIpc) is 2.11. The zero-order valence-corrected chi connectivity index (χ0v) is 9.93. The Morgan fingerprint density at radius 2 is 2.15 bits per heavy atom. The molecule has 0 saturated heterocycles. The van der Waals surface area contributed by atoms with Gasteiger partial charge in [-0.1, -0.05) is 22.0 Å². The Labute approximate surface area is 93.2 Å². The normalized spacial score (nSPS) is 10.0. The summed E-state index contributed by atoms with van der Waals surface area (Å²) in [4.78, 5) is 11.0. The Hall–Kier alpha value is -0.350. The van der Waals surface area contributed by atoms with Crippen LogP contribution in [0.5, 0.6) is 5.75 Å². The van der Waals surface area contributed by atoms with E-state index in [1.54, 1.807) is 12.1 Å². The van der Waals surface area contributed by atoms with Gasteiger partial charge < -0.3 is 5.11 Å². The molecule has 2 nitrogen and oxygen atoms in total. The number of halogens is 2. The predicted molar refractivity (Wildman–Crippen MR) is 58.3 cm³/mol. The van der Waals surface area contributed by atoms with Crippen molar-refractivity contribution in [2.75, 3.05) is 5.33 Å². The lowest BCUT2D eigenvalue weighted by molar-refractivity contribution is -0.115. The van der Waals surface area contributed by atoms with Crippen molar-refractivity contribution in [3.05, 3.63) is 28.2 Å². The number of hydrogen-bond acceptors (Lipinski definition) is 2. The van der Waals surface area contributed by atoms with E-state index in [9.17, 15) is 9.90 Å². The zero-order chi connectivity index (χ0) is 9.84. The Morgan fingerprint density at radius 1 is 1.46 bits per heavy atom. The number of rotatable bonds is 3. The molecule has 1 rings (SSSR count). The molecule has 0 aliphatic rings. The summed E-state index contributed by atoms with van der Waals surface area (Å²) in [5.74, 6) is 0.265. The lowest BCUT2D eigenvalue weighted by Crippen LogP contribution is -2.02. The maximum absolute atomic E-state index is 11.0. The SMILES string of the molecule is O=C(CBr)Cc1ccc(Br)c(O)c1. The molecule has 0 fully saturated rings. The third-order valence-electron chi connectivity index (χ3n) is 1.56. The first-order valence-corrected chi connectivity index (χ1v) is 5.60. The van der Waals surface area contributed by atoms with Crippen LogP contribution >= 0.6 is 31.9 Å². The van der Waals surface area contributed by atoms with E-state index in [0.29, 0.717) is 16.2 Å². The Morgan fingerprint density at radius 3 is 2.69 bits per heavy atom. The highest BCUT2D eigenvalue weighted by molar-refractivity contribution is 9.10. The van der Waals surface area contributed by atoms with Crippen molar-refractivity contribution in [2.45, 2.75) is 6.42 Å². The van der Waals surface area contributed by atoms with Gasteiger partial charge in [-0.05, 0) is 33.6 Å². The van der Waals surface area contributed by atoms with Crippen LogP contribution < -0.4 is 0 Å². The molecule has 1 aromatic rings. The van der Waals surface area contributed by atoms with Crippen molar-refractivity contribution in [1.82, 2.24) is 0 Å². The van der Waals surface area contributed by atoms with Crippen LogP contribution in [0.2, 0.25) is 0 Å². The highest BCUT2D eigenvalue weighted by Crippen LogP contribution is 2.24. The van der Waals surface area contributed by atoms with Crippen molar-refractivity contribution >= 4 is 37.6 Å². The maximum atomic E-state index is 11.0. The first kappa shape index (κ1) is 10.7. The van der Waals surface area contributed by atoms with E-state index in [4.69, 9.17) is 0 Å². The number of Topliss-reactive ketones (excluding diaryl/α,β-unsaturated/α-hetero) is 1. The van der Waals surface area contributed by atoms with Gasteiger partial charge in [0.2, 0.25) is 0 Å². The van der Waals surface area contributed by atoms with Crippen LogP contribution in [0.4, 0.5) is 0 Å². The Kier molecular flexibility index (Phi) is 3.93. The van der Waals surface area contributed by atoms with E-state index in [2.05, 4.69) is 31.9 Å². The number of alkyl halides is 1. The highest BCUT2D eigenvalue weighted by Gasteiger charge is 2.04. The quantitative estimate of drug-likeness (QED) is 0.872. The standard InChI is InChI=1S/C9H8Br2O2/c10-5-7(12)3-6-1-2-8(11)9(13)4-6/h1-2,4,13H,3,5H2. The Bertz CT molecular complexity index is 323. The van der Waals surface area contributed by atoms with E-state index in [1.807, 2.05) is 6.07 Å². The first-order chi connectivity index (χ1) is 6.13. The van der Waals surface area contributed by atoms with E-state index >= 15 is 0 Å². The van der Waals surface area contributed by atoms with Gasteiger partial charge in [-0.15, -0.1) is 0 Å². The zero-order valence-electron chi connectivity index (χ0n) is 6.76. The topological polar surface area (TPSA) is 37.3 Å². The third kappa shape index (κ3) is 3.12. The van der Waals surface area contributed by atoms with E-state index in [1.165, 1.54) is 0 Å². The summed E-state index contributed by atoms with van der Waals surface area (Å²) in [7, 11) is 0. The summed E-state index contributed by atoms with van der Waals surface area (Å²) < 4.78 is 0.641. The summed E-state index contributed by atoms with van der Waals surface area (Å²) in [6.45, 7) is 0. The number of carbonyl (C=O) groups is 1. The lowest BCUT2D eigenvalue weighted by Gasteiger charge is -2.01. The van der Waals surface area contributed by atoms with Gasteiger partial charge >= 0.3 is 0 Å². The van der Waals surface area contributed by atoms with Crippen LogP contribution in [0.15, 0.2) is 22.7 Å². The molecule has 0 atom stereocenters. The fraction of sp³-hybridized carbons (Fsp3) is 0.222. The monoisotopic (exact) mass is 306 g/mol. The van der Waals surface area contributed by atoms with Crippen molar-refractivity contribution in [3.8, 4) is 5.75 Å². The molecule has 0 aliphatic heterocycles. The van der Waals surface area contributed by atoms with E-state index in [-0.39, 0.29) is 11.5 Å². The van der Waals surface area contributed by atoms with Gasteiger partial charge in [0.05, 0.1) is 9.80 Å². The molecule has 1 aromatic carbocycles. The average molecular weight is 308 g/mol. The molecule has 13 heavy (non-hydrogen) atoms. The summed E-state index contributed by atoms with van der Waals surface area (Å²) in [6, 6.07) is 5.13. The first-order valence-electron chi connectivity index (χ1n) is 3.68. The fourth-order valence-corrected chi connectivity index (χ4v) is 1.39. The van der Waals surface area contributed by atoms with Crippen LogP contribution in [-0.2, 0) is 11.2 Å². The molecule has 0 amide bonds. The van der Waals surface area contributed by atoms with Crippen molar-refractivity contribution in [3.63, 3.8) is 0 Å². The summed E-state index contributed by atoms with van der Waals surface area (Å²) >= 11 is 6.25. The van der Waals surface area contributed by atoms with Gasteiger partial charge in [0.15, 0.2) is 0 Å². The third-order valence-corrected chi connectivity index (χ3v) is 2.86. The summed E-state index contributed by atoms with van der Waals surface area (Å²) in [5, 5.41) is 9.67. The van der Waals surface area contributed by atoms with Crippen LogP contribution in [0.3, 0.4) is 0 Å². The number of aromatic hydroxyl groups is 1. The van der Waals surface area contributed by atoms with Gasteiger partial charge in [-0.3, -0.25) is 4.79 Å². The minimum atomic E-state index is 0.0988. The summed E-state index contributed by atoms with van der Waals surface area (Å²) in [5.41, 5.74) is 0.824. The molecule has 0 aliphatic carbocycles. The minimum absolute atomic E-state index is 0.0988. The van der Waals surface area contributed by atoms with Gasteiger partial charge in [0.25, 0.3) is 0 Å². The molecule has 4 heteroatoms. The number of phenols is 1. The van der Waals surface area contributed by atoms with Gasteiger partial charge in [0, 0.05) is 6.42 Å². The van der Waals surface area contributed by atoms with Crippen LogP contribution in [0.1, 0.15) is 5.56 Å². The number of carbonyl (C=O) groups excluding carboxylic acids is 1. The number of phenolic OH excluding ortho intramolecular Hbond substituents is 1. The van der Waals surface area contributed by atoms with Crippen LogP contribution in [0.25, 0.3) is 0 Å². The van der Waals surface area contributed by atoms with Gasteiger partial charge in [-0.2, -0.15) is 0 Å². The van der Waals surface area contributed by atoms with E-state index in [0.717, 1.165) is 5.56 Å². The molecule has 0 aromatic heterocycles. The number of benzene rings is 1. The van der Waals surface area contributed by atoms with Gasteiger partial charge in [0.1, 0.15) is 11.5 Å².